The second-order valence-corrected chi connectivity index (χ2v) is 5.07. The third-order valence-corrected chi connectivity index (χ3v) is 4.38. The Morgan fingerprint density at radius 3 is 2.69 bits per heavy atom. The van der Waals surface area contributed by atoms with Crippen LogP contribution in [0, 0.1) is 0 Å². The third kappa shape index (κ3) is 2.01. The van der Waals surface area contributed by atoms with Gasteiger partial charge in [-0.1, -0.05) is 11.6 Å². The zero-order valence-electron chi connectivity index (χ0n) is 8.26. The van der Waals surface area contributed by atoms with E-state index < -0.39 is 0 Å². The largest absolute Gasteiger partial charge is 0.496 e. The first-order valence-electron chi connectivity index (χ1n) is 4.40. The molecule has 5 heteroatoms. The number of ether oxygens (including phenoxy) is 1. The highest BCUT2D eigenvalue weighted by molar-refractivity contribution is 9.11. The van der Waals surface area contributed by atoms with Crippen molar-refractivity contribution in [3.63, 3.8) is 0 Å². The van der Waals surface area contributed by atoms with Gasteiger partial charge in [0.1, 0.15) is 11.5 Å². The van der Waals surface area contributed by atoms with Gasteiger partial charge in [0, 0.05) is 4.47 Å². The topological polar surface area (TPSA) is 22.4 Å². The van der Waals surface area contributed by atoms with Gasteiger partial charge in [-0.2, -0.15) is 0 Å². The van der Waals surface area contributed by atoms with Gasteiger partial charge in [-0.05, 0) is 50.1 Å². The summed E-state index contributed by atoms with van der Waals surface area (Å²) in [7, 11) is 1.61. The quantitative estimate of drug-likeness (QED) is 0.687. The fourth-order valence-electron chi connectivity index (χ4n) is 1.38. The van der Waals surface area contributed by atoms with Crippen molar-refractivity contribution in [3.8, 4) is 17.1 Å². The van der Waals surface area contributed by atoms with E-state index in [0.29, 0.717) is 16.5 Å². The molecule has 0 atom stereocenters. The molecule has 0 spiro atoms. The minimum Gasteiger partial charge on any atom is -0.496 e. The molecule has 1 aromatic carbocycles. The number of hydrogen-bond acceptors (Lipinski definition) is 2. The molecule has 0 saturated carbocycles. The number of halogens is 3. The molecule has 0 unspecified atom stereocenters. The maximum Gasteiger partial charge on any atom is 0.138 e. The first-order chi connectivity index (χ1) is 7.65. The molecular weight excluding hydrogens is 359 g/mol. The van der Waals surface area contributed by atoms with Gasteiger partial charge in [-0.15, -0.1) is 0 Å². The Kier molecular flexibility index (Phi) is 3.62. The summed E-state index contributed by atoms with van der Waals surface area (Å²) in [5.74, 6) is 1.40. The molecular formula is C11H7Br2ClO2. The fraction of sp³-hybridized carbons (Fsp3) is 0.0909. The van der Waals surface area contributed by atoms with E-state index in [4.69, 9.17) is 20.8 Å². The monoisotopic (exact) mass is 364 g/mol. The van der Waals surface area contributed by atoms with Crippen molar-refractivity contribution in [2.24, 2.45) is 0 Å². The predicted molar refractivity (Wildman–Crippen MR) is 71.1 cm³/mol. The number of benzene rings is 1. The predicted octanol–water partition coefficient (Wildman–Crippen LogP) is 5.13. The molecule has 0 N–H and O–H groups in total. The molecule has 0 aliphatic rings. The molecule has 1 heterocycles. The minimum absolute atomic E-state index is 0.590. The van der Waals surface area contributed by atoms with E-state index in [1.807, 2.05) is 18.2 Å². The van der Waals surface area contributed by atoms with Gasteiger partial charge in [-0.25, -0.2) is 0 Å². The van der Waals surface area contributed by atoms with Gasteiger partial charge in [0.15, 0.2) is 0 Å². The average Bonchev–Trinajstić information content (AvgIpc) is 2.78. The van der Waals surface area contributed by atoms with Crippen molar-refractivity contribution in [1.82, 2.24) is 0 Å². The summed E-state index contributed by atoms with van der Waals surface area (Å²) < 4.78 is 12.2. The molecule has 0 saturated heterocycles. The lowest BCUT2D eigenvalue weighted by atomic mass is 10.1. The Balaban J connectivity index is 2.72. The summed E-state index contributed by atoms with van der Waals surface area (Å²) in [5.41, 5.74) is 0.806. The molecule has 0 radical (unpaired) electrons. The van der Waals surface area contributed by atoms with Gasteiger partial charge in [-0.3, -0.25) is 0 Å². The summed E-state index contributed by atoms with van der Waals surface area (Å²) in [5, 5.41) is 0.590. The summed E-state index contributed by atoms with van der Waals surface area (Å²) >= 11 is 12.9. The molecule has 1 aromatic heterocycles. The van der Waals surface area contributed by atoms with Crippen molar-refractivity contribution in [1.29, 1.82) is 0 Å². The zero-order valence-corrected chi connectivity index (χ0v) is 12.2. The van der Waals surface area contributed by atoms with Crippen LogP contribution in [0.3, 0.4) is 0 Å². The third-order valence-electron chi connectivity index (χ3n) is 2.11. The van der Waals surface area contributed by atoms with Crippen LogP contribution in [0.5, 0.6) is 5.75 Å². The van der Waals surface area contributed by atoms with Crippen molar-refractivity contribution < 1.29 is 9.15 Å². The highest BCUT2D eigenvalue weighted by atomic mass is 79.9. The molecule has 0 amide bonds. The maximum atomic E-state index is 6.14. The van der Waals surface area contributed by atoms with Crippen LogP contribution >= 0.6 is 43.5 Å². The van der Waals surface area contributed by atoms with Crippen LogP contribution in [-0.4, -0.2) is 7.11 Å². The Hall–Kier alpha value is -0.450. The molecule has 0 aliphatic heterocycles. The first kappa shape index (κ1) is 12.0. The maximum absolute atomic E-state index is 6.14. The second kappa shape index (κ2) is 4.82. The van der Waals surface area contributed by atoms with Crippen molar-refractivity contribution >= 4 is 43.5 Å². The highest BCUT2D eigenvalue weighted by Crippen LogP contribution is 2.44. The van der Waals surface area contributed by atoms with Gasteiger partial charge in [0.25, 0.3) is 0 Å². The van der Waals surface area contributed by atoms with E-state index in [0.717, 1.165) is 14.5 Å². The SMILES string of the molecule is COc1cc(Br)c(Cl)c(Br)c1-c1ccco1. The average molecular weight is 366 g/mol. The second-order valence-electron chi connectivity index (χ2n) is 3.04. The molecule has 0 bridgehead atoms. The smallest absolute Gasteiger partial charge is 0.138 e. The molecule has 2 nitrogen and oxygen atoms in total. The summed E-state index contributed by atoms with van der Waals surface area (Å²) in [6.45, 7) is 0. The molecule has 2 aromatic rings. The molecule has 84 valence electrons. The van der Waals surface area contributed by atoms with E-state index in [1.165, 1.54) is 0 Å². The zero-order chi connectivity index (χ0) is 11.7. The number of furan rings is 1. The van der Waals surface area contributed by atoms with Crippen molar-refractivity contribution in [2.75, 3.05) is 7.11 Å². The van der Waals surface area contributed by atoms with Gasteiger partial charge < -0.3 is 9.15 Å². The summed E-state index contributed by atoms with van der Waals surface area (Å²) in [6.07, 6.45) is 1.61. The van der Waals surface area contributed by atoms with E-state index >= 15 is 0 Å². The van der Waals surface area contributed by atoms with Crippen LogP contribution in [0.1, 0.15) is 0 Å². The van der Waals surface area contributed by atoms with Crippen LogP contribution < -0.4 is 4.74 Å². The number of rotatable bonds is 2. The molecule has 0 aliphatic carbocycles. The van der Waals surface area contributed by atoms with E-state index in [-0.39, 0.29) is 0 Å². The highest BCUT2D eigenvalue weighted by Gasteiger charge is 2.18. The fourth-order valence-corrected chi connectivity index (χ4v) is 2.81. The van der Waals surface area contributed by atoms with Crippen LogP contribution in [-0.2, 0) is 0 Å². The summed E-state index contributed by atoms with van der Waals surface area (Å²) in [4.78, 5) is 0. The van der Waals surface area contributed by atoms with E-state index in [2.05, 4.69) is 31.9 Å². The van der Waals surface area contributed by atoms with Crippen LogP contribution in [0.25, 0.3) is 11.3 Å². The van der Waals surface area contributed by atoms with Crippen molar-refractivity contribution in [2.45, 2.75) is 0 Å². The van der Waals surface area contributed by atoms with Gasteiger partial charge in [0.2, 0.25) is 0 Å². The van der Waals surface area contributed by atoms with Gasteiger partial charge in [0.05, 0.1) is 28.4 Å². The molecule has 0 fully saturated rings. The lowest BCUT2D eigenvalue weighted by molar-refractivity contribution is 0.414. The van der Waals surface area contributed by atoms with Crippen LogP contribution in [0.2, 0.25) is 5.02 Å². The lowest BCUT2D eigenvalue weighted by Crippen LogP contribution is -1.90. The van der Waals surface area contributed by atoms with Gasteiger partial charge >= 0.3 is 0 Å². The minimum atomic E-state index is 0.590. The summed E-state index contributed by atoms with van der Waals surface area (Å²) in [6, 6.07) is 5.48. The number of methoxy groups -OCH3 is 1. The van der Waals surface area contributed by atoms with E-state index in [9.17, 15) is 0 Å². The van der Waals surface area contributed by atoms with Crippen LogP contribution in [0.15, 0.2) is 37.8 Å². The van der Waals surface area contributed by atoms with Crippen molar-refractivity contribution in [3.05, 3.63) is 38.4 Å². The molecule has 16 heavy (non-hydrogen) atoms. The Bertz CT molecular complexity index is 509. The lowest BCUT2D eigenvalue weighted by Gasteiger charge is -2.11. The standard InChI is InChI=1S/C11H7Br2ClO2/c1-15-8-5-6(12)11(14)10(13)9(8)7-3-2-4-16-7/h2-5H,1H3. The first-order valence-corrected chi connectivity index (χ1v) is 6.37. The molecule has 2 rings (SSSR count). The Morgan fingerprint density at radius 1 is 1.38 bits per heavy atom. The Morgan fingerprint density at radius 2 is 2.12 bits per heavy atom. The Labute approximate surface area is 115 Å². The van der Waals surface area contributed by atoms with Crippen LogP contribution in [0.4, 0.5) is 0 Å². The van der Waals surface area contributed by atoms with E-state index in [1.54, 1.807) is 13.4 Å². The normalized spacial score (nSPS) is 10.5. The number of hydrogen-bond donors (Lipinski definition) is 0.